The summed E-state index contributed by atoms with van der Waals surface area (Å²) in [4.78, 5) is 0. The molecule has 0 bridgehead atoms. The van der Waals surface area contributed by atoms with Crippen LogP contribution in [-0.2, 0) is 21.1 Å². The van der Waals surface area contributed by atoms with Gasteiger partial charge in [-0.1, -0.05) is 43.7 Å². The number of rotatable bonds is 3. The second-order valence-corrected chi connectivity index (χ2v) is 5.90. The van der Waals surface area contributed by atoms with Crippen molar-refractivity contribution in [3.8, 4) is 11.1 Å². The van der Waals surface area contributed by atoms with Crippen molar-refractivity contribution in [1.29, 1.82) is 0 Å². The average molecular weight is 451 g/mol. The molecule has 0 aliphatic carbocycles. The van der Waals surface area contributed by atoms with Crippen molar-refractivity contribution in [2.45, 2.75) is 53.5 Å². The Labute approximate surface area is 136 Å². The molecule has 20 heavy (non-hydrogen) atoms. The van der Waals surface area contributed by atoms with Crippen molar-refractivity contribution in [1.82, 2.24) is 9.78 Å². The standard InChI is InChI=1S/C17H24N2.Pt/c1-11(2)17-16(14(6)18-19(17)12(3)4)15-9-7-13(5)8-10-15;/h7-12H,1-6H3;. The number of benzene rings is 1. The topological polar surface area (TPSA) is 17.8 Å². The number of aromatic nitrogens is 2. The van der Waals surface area contributed by atoms with Gasteiger partial charge in [-0.15, -0.1) is 0 Å². The summed E-state index contributed by atoms with van der Waals surface area (Å²) in [7, 11) is 0. The zero-order valence-corrected chi connectivity index (χ0v) is 15.4. The predicted octanol–water partition coefficient (Wildman–Crippen LogP) is 4.87. The third kappa shape index (κ3) is 3.23. The van der Waals surface area contributed by atoms with E-state index >= 15 is 0 Å². The molecule has 0 saturated carbocycles. The van der Waals surface area contributed by atoms with Crippen molar-refractivity contribution in [2.24, 2.45) is 0 Å². The quantitative estimate of drug-likeness (QED) is 0.651. The first kappa shape index (κ1) is 17.2. The number of hydrogen-bond donors (Lipinski definition) is 0. The van der Waals surface area contributed by atoms with Crippen LogP contribution in [0.3, 0.4) is 0 Å². The SMILES string of the molecule is Cc1ccc(-c2c(C)nn(C(C)C)c2C(C)C)cc1.[Pt]. The van der Waals surface area contributed by atoms with Crippen molar-refractivity contribution in [3.63, 3.8) is 0 Å². The molecule has 0 aliphatic rings. The van der Waals surface area contributed by atoms with Crippen molar-refractivity contribution >= 4 is 0 Å². The first-order chi connectivity index (χ1) is 8.91. The van der Waals surface area contributed by atoms with Crippen LogP contribution in [0.2, 0.25) is 0 Å². The van der Waals surface area contributed by atoms with E-state index in [1.54, 1.807) is 0 Å². The van der Waals surface area contributed by atoms with Crippen LogP contribution >= 0.6 is 0 Å². The number of nitrogens with zero attached hydrogens (tertiary/aromatic N) is 2. The van der Waals surface area contributed by atoms with Crippen LogP contribution in [0.5, 0.6) is 0 Å². The molecule has 112 valence electrons. The number of hydrogen-bond acceptors (Lipinski definition) is 1. The molecular formula is C17H24N2Pt. The Hall–Kier alpha value is -0.882. The molecular weight excluding hydrogens is 427 g/mol. The molecule has 2 rings (SSSR count). The molecule has 0 atom stereocenters. The molecule has 0 aliphatic heterocycles. The summed E-state index contributed by atoms with van der Waals surface area (Å²) >= 11 is 0. The minimum Gasteiger partial charge on any atom is -0.266 e. The Kier molecular flexibility index (Phi) is 5.77. The summed E-state index contributed by atoms with van der Waals surface area (Å²) < 4.78 is 2.18. The van der Waals surface area contributed by atoms with Crippen molar-refractivity contribution in [3.05, 3.63) is 41.2 Å². The zero-order valence-electron chi connectivity index (χ0n) is 13.2. The Morgan fingerprint density at radius 2 is 1.50 bits per heavy atom. The van der Waals surface area contributed by atoms with Crippen LogP contribution in [0.1, 0.15) is 56.6 Å². The van der Waals surface area contributed by atoms with Gasteiger partial charge in [0.15, 0.2) is 0 Å². The van der Waals surface area contributed by atoms with Gasteiger partial charge in [0.1, 0.15) is 0 Å². The van der Waals surface area contributed by atoms with Gasteiger partial charge in [0.25, 0.3) is 0 Å². The molecule has 1 heterocycles. The smallest absolute Gasteiger partial charge is 0.0675 e. The van der Waals surface area contributed by atoms with Crippen LogP contribution in [0.15, 0.2) is 24.3 Å². The summed E-state index contributed by atoms with van der Waals surface area (Å²) in [6.45, 7) is 13.1. The van der Waals surface area contributed by atoms with Gasteiger partial charge < -0.3 is 0 Å². The maximum atomic E-state index is 4.75. The molecule has 0 saturated heterocycles. The zero-order chi connectivity index (χ0) is 14.2. The van der Waals surface area contributed by atoms with Crippen LogP contribution in [0, 0.1) is 13.8 Å². The fourth-order valence-electron chi connectivity index (χ4n) is 2.59. The third-order valence-corrected chi connectivity index (χ3v) is 3.50. The van der Waals surface area contributed by atoms with E-state index in [0.717, 1.165) is 5.69 Å². The van der Waals surface area contributed by atoms with Gasteiger partial charge >= 0.3 is 0 Å². The molecule has 0 N–H and O–H groups in total. The molecule has 2 nitrogen and oxygen atoms in total. The van der Waals surface area contributed by atoms with E-state index in [1.807, 2.05) is 0 Å². The Balaban J connectivity index is 0.00000200. The molecule has 1 aromatic heterocycles. The summed E-state index contributed by atoms with van der Waals surface area (Å²) in [5.74, 6) is 0.472. The van der Waals surface area contributed by atoms with Gasteiger partial charge in [0, 0.05) is 38.4 Å². The van der Waals surface area contributed by atoms with Crippen LogP contribution in [0.25, 0.3) is 11.1 Å². The van der Waals surface area contributed by atoms with Crippen molar-refractivity contribution in [2.75, 3.05) is 0 Å². The van der Waals surface area contributed by atoms with E-state index in [2.05, 4.69) is 70.5 Å². The summed E-state index contributed by atoms with van der Waals surface area (Å²) in [5.41, 5.74) is 6.35. The molecule has 3 heteroatoms. The first-order valence-corrected chi connectivity index (χ1v) is 7.07. The third-order valence-electron chi connectivity index (χ3n) is 3.50. The van der Waals surface area contributed by atoms with E-state index in [9.17, 15) is 0 Å². The molecule has 0 radical (unpaired) electrons. The molecule has 2 aromatic rings. The van der Waals surface area contributed by atoms with E-state index in [1.165, 1.54) is 22.4 Å². The van der Waals surface area contributed by atoms with Crippen molar-refractivity contribution < 1.29 is 21.1 Å². The monoisotopic (exact) mass is 451 g/mol. The molecule has 0 unspecified atom stereocenters. The largest absolute Gasteiger partial charge is 0.266 e. The molecule has 0 fully saturated rings. The first-order valence-electron chi connectivity index (χ1n) is 7.07. The van der Waals surface area contributed by atoms with Gasteiger partial charge in [0.2, 0.25) is 0 Å². The second-order valence-electron chi connectivity index (χ2n) is 5.90. The predicted molar refractivity (Wildman–Crippen MR) is 81.6 cm³/mol. The van der Waals surface area contributed by atoms with E-state index in [4.69, 9.17) is 5.10 Å². The van der Waals surface area contributed by atoms with Gasteiger partial charge in [-0.05, 0) is 39.2 Å². The Bertz CT molecular complexity index is 565. The van der Waals surface area contributed by atoms with Gasteiger partial charge in [0.05, 0.1) is 5.69 Å². The van der Waals surface area contributed by atoms with Crippen LogP contribution in [-0.4, -0.2) is 9.78 Å². The average Bonchev–Trinajstić information content (AvgIpc) is 2.68. The maximum Gasteiger partial charge on any atom is 0.0675 e. The minimum atomic E-state index is 0. The van der Waals surface area contributed by atoms with Gasteiger partial charge in [-0.3, -0.25) is 4.68 Å². The van der Waals surface area contributed by atoms with Gasteiger partial charge in [-0.25, -0.2) is 0 Å². The van der Waals surface area contributed by atoms with Gasteiger partial charge in [-0.2, -0.15) is 5.10 Å². The summed E-state index contributed by atoms with van der Waals surface area (Å²) in [6.07, 6.45) is 0. The second kappa shape index (κ2) is 6.72. The molecule has 0 spiro atoms. The fraction of sp³-hybridized carbons (Fsp3) is 0.471. The summed E-state index contributed by atoms with van der Waals surface area (Å²) in [6, 6.07) is 9.15. The van der Waals surface area contributed by atoms with E-state index < -0.39 is 0 Å². The fourth-order valence-corrected chi connectivity index (χ4v) is 2.59. The van der Waals surface area contributed by atoms with E-state index in [0.29, 0.717) is 12.0 Å². The van der Waals surface area contributed by atoms with Crippen LogP contribution < -0.4 is 0 Å². The van der Waals surface area contributed by atoms with E-state index in [-0.39, 0.29) is 21.1 Å². The Morgan fingerprint density at radius 3 is 1.95 bits per heavy atom. The Morgan fingerprint density at radius 1 is 0.950 bits per heavy atom. The molecule has 1 aromatic carbocycles. The maximum absolute atomic E-state index is 4.75. The normalized spacial score (nSPS) is 11.0. The van der Waals surface area contributed by atoms with Crippen LogP contribution in [0.4, 0.5) is 0 Å². The summed E-state index contributed by atoms with van der Waals surface area (Å²) in [5, 5.41) is 4.75. The minimum absolute atomic E-state index is 0. The molecule has 0 amide bonds. The number of aryl methyl sites for hydroxylation is 2.